The summed E-state index contributed by atoms with van der Waals surface area (Å²) in [5.74, 6) is 0.0526. The summed E-state index contributed by atoms with van der Waals surface area (Å²) in [5, 5.41) is 3.33. The van der Waals surface area contributed by atoms with Crippen LogP contribution < -0.4 is 15.8 Å². The van der Waals surface area contributed by atoms with Gasteiger partial charge >= 0.3 is 0 Å². The molecule has 6 rings (SSSR count). The molecule has 3 N–H and O–H groups in total. The third-order valence-corrected chi connectivity index (χ3v) is 9.18. The lowest BCUT2D eigenvalue weighted by atomic mass is 9.72. The molecule has 1 aromatic heterocycles. The Bertz CT molecular complexity index is 1420. The van der Waals surface area contributed by atoms with Crippen LogP contribution in [0.4, 0.5) is 15.9 Å². The first-order valence-electron chi connectivity index (χ1n) is 13.0. The number of anilines is 2. The van der Waals surface area contributed by atoms with Crippen LogP contribution in [-0.2, 0) is 10.2 Å². The van der Waals surface area contributed by atoms with Gasteiger partial charge in [0.1, 0.15) is 11.9 Å². The second kappa shape index (κ2) is 9.70. The van der Waals surface area contributed by atoms with Crippen molar-refractivity contribution in [3.63, 3.8) is 0 Å². The molecule has 38 heavy (non-hydrogen) atoms. The number of likely N-dealkylation sites (tertiary alicyclic amines) is 1. The van der Waals surface area contributed by atoms with E-state index in [4.69, 9.17) is 33.7 Å². The quantitative estimate of drug-likeness (QED) is 0.341. The number of piperidine rings is 1. The number of halogens is 3. The monoisotopic (exact) mass is 554 g/mol. The van der Waals surface area contributed by atoms with Crippen molar-refractivity contribution in [3.05, 3.63) is 69.6 Å². The van der Waals surface area contributed by atoms with E-state index in [1.807, 2.05) is 12.1 Å². The third-order valence-electron chi connectivity index (χ3n) is 8.47. The second-order valence-electron chi connectivity index (χ2n) is 10.5. The molecule has 0 radical (unpaired) electrons. The molecule has 2 fully saturated rings. The molecule has 3 aliphatic rings. The number of benzene rings is 2. The number of nitrogens with zero attached hydrogens (tertiary/aromatic N) is 2. The number of nitrogens with two attached hydrogens (primary N) is 1. The predicted octanol–water partition coefficient (Wildman–Crippen LogP) is 6.75. The van der Waals surface area contributed by atoms with E-state index < -0.39 is 17.3 Å². The summed E-state index contributed by atoms with van der Waals surface area (Å²) in [6.07, 6.45) is 6.49. The number of rotatable bonds is 5. The van der Waals surface area contributed by atoms with E-state index in [0.717, 1.165) is 48.3 Å². The Balaban J connectivity index is 1.28. The highest BCUT2D eigenvalue weighted by Gasteiger charge is 2.49. The van der Waals surface area contributed by atoms with Crippen LogP contribution in [0, 0.1) is 5.82 Å². The maximum absolute atomic E-state index is 14.1. The summed E-state index contributed by atoms with van der Waals surface area (Å²) in [6.45, 7) is 3.60. The first-order chi connectivity index (χ1) is 18.3. The number of nitrogen functional groups attached to an aromatic ring is 1. The largest absolute Gasteiger partial charge is 0.482 e. The molecule has 1 amide bonds. The average Bonchev–Trinajstić information content (AvgIpc) is 3.13. The molecule has 1 saturated heterocycles. The zero-order chi connectivity index (χ0) is 26.6. The summed E-state index contributed by atoms with van der Waals surface area (Å²) < 4.78 is 20.2. The second-order valence-corrected chi connectivity index (χ2v) is 11.3. The van der Waals surface area contributed by atoms with Crippen molar-refractivity contribution in [2.24, 2.45) is 0 Å². The number of aromatic nitrogens is 1. The molecule has 6 nitrogen and oxygen atoms in total. The van der Waals surface area contributed by atoms with Crippen LogP contribution in [0.25, 0.3) is 11.1 Å². The fraction of sp³-hybridized carbons (Fsp3) is 0.379. The van der Waals surface area contributed by atoms with E-state index in [0.29, 0.717) is 22.4 Å². The summed E-state index contributed by atoms with van der Waals surface area (Å²) in [5.41, 5.74) is 9.59. The van der Waals surface area contributed by atoms with Gasteiger partial charge in [-0.05, 0) is 87.2 Å². The fourth-order valence-electron chi connectivity index (χ4n) is 5.98. The smallest absolute Gasteiger partial charge is 0.235 e. The van der Waals surface area contributed by atoms with Gasteiger partial charge in [-0.25, -0.2) is 9.37 Å². The van der Waals surface area contributed by atoms with Crippen molar-refractivity contribution in [2.45, 2.75) is 56.6 Å². The van der Waals surface area contributed by atoms with Gasteiger partial charge in [-0.1, -0.05) is 35.7 Å². The summed E-state index contributed by atoms with van der Waals surface area (Å²) in [4.78, 5) is 20.1. The summed E-state index contributed by atoms with van der Waals surface area (Å²) in [7, 11) is 0. The first kappa shape index (κ1) is 25.4. The summed E-state index contributed by atoms with van der Waals surface area (Å²) >= 11 is 12.5. The van der Waals surface area contributed by atoms with Crippen LogP contribution in [0.1, 0.15) is 56.3 Å². The van der Waals surface area contributed by atoms with E-state index in [2.05, 4.69) is 21.3 Å². The van der Waals surface area contributed by atoms with Gasteiger partial charge in [-0.15, -0.1) is 0 Å². The number of ether oxygens (including phenoxy) is 1. The normalized spacial score (nSPS) is 19.6. The standard InChI is InChI=1S/C29H29Cl2FN4O2/c1-16(25-21(30)6-7-22(32)26(25)31)38-24-14-18(15-34-27(24)33)17-5-8-23-20(13-17)29(28(37)35-23)9-11-36(12-10-29)19-3-2-4-19/h5-8,13-16,19H,2-4,9-12H2,1H3,(H2,33,34)(H,35,37)/t16-/m1/s1. The molecule has 3 aromatic rings. The Labute approximate surface area is 231 Å². The van der Waals surface area contributed by atoms with E-state index in [1.54, 1.807) is 19.2 Å². The molecular formula is C29H29Cl2FN4O2. The first-order valence-corrected chi connectivity index (χ1v) is 13.8. The van der Waals surface area contributed by atoms with Crippen LogP contribution in [0.2, 0.25) is 10.0 Å². The van der Waals surface area contributed by atoms with Gasteiger partial charge < -0.3 is 20.7 Å². The van der Waals surface area contributed by atoms with E-state index in [9.17, 15) is 9.18 Å². The highest BCUT2D eigenvalue weighted by molar-refractivity contribution is 6.36. The van der Waals surface area contributed by atoms with Gasteiger partial charge in [-0.2, -0.15) is 0 Å². The van der Waals surface area contributed by atoms with Gasteiger partial charge in [0.25, 0.3) is 0 Å². The predicted molar refractivity (Wildman–Crippen MR) is 148 cm³/mol. The Morgan fingerprint density at radius 1 is 1.16 bits per heavy atom. The number of nitrogens with one attached hydrogen (secondary N) is 1. The van der Waals surface area contributed by atoms with Crippen molar-refractivity contribution < 1.29 is 13.9 Å². The molecular weight excluding hydrogens is 526 g/mol. The molecule has 2 aliphatic heterocycles. The maximum Gasteiger partial charge on any atom is 0.235 e. The zero-order valence-electron chi connectivity index (χ0n) is 21.1. The highest BCUT2D eigenvalue weighted by atomic mass is 35.5. The van der Waals surface area contributed by atoms with Crippen LogP contribution in [-0.4, -0.2) is 34.9 Å². The van der Waals surface area contributed by atoms with Crippen molar-refractivity contribution in [1.82, 2.24) is 9.88 Å². The molecule has 1 aliphatic carbocycles. The Hall–Kier alpha value is -2.87. The Morgan fingerprint density at radius 2 is 1.92 bits per heavy atom. The van der Waals surface area contributed by atoms with Crippen LogP contribution >= 0.6 is 23.2 Å². The summed E-state index contributed by atoms with van der Waals surface area (Å²) in [6, 6.07) is 11.2. The number of hydrogen-bond acceptors (Lipinski definition) is 5. The minimum absolute atomic E-state index is 0.0860. The van der Waals surface area contributed by atoms with Gasteiger partial charge in [-0.3, -0.25) is 4.79 Å². The minimum atomic E-state index is -0.670. The number of fused-ring (bicyclic) bond motifs is 2. The van der Waals surface area contributed by atoms with Gasteiger partial charge in [0.2, 0.25) is 5.91 Å². The lowest BCUT2D eigenvalue weighted by Gasteiger charge is -2.44. The molecule has 1 spiro atoms. The van der Waals surface area contributed by atoms with Crippen LogP contribution in [0.3, 0.4) is 0 Å². The molecule has 0 unspecified atom stereocenters. The van der Waals surface area contributed by atoms with Crippen LogP contribution in [0.5, 0.6) is 5.75 Å². The van der Waals surface area contributed by atoms with Crippen molar-refractivity contribution >= 4 is 40.6 Å². The maximum atomic E-state index is 14.1. The van der Waals surface area contributed by atoms with Crippen molar-refractivity contribution in [3.8, 4) is 16.9 Å². The third kappa shape index (κ3) is 4.21. The molecule has 198 valence electrons. The van der Waals surface area contributed by atoms with E-state index >= 15 is 0 Å². The Kier molecular flexibility index (Phi) is 6.49. The van der Waals surface area contributed by atoms with E-state index in [-0.39, 0.29) is 16.7 Å². The van der Waals surface area contributed by atoms with Gasteiger partial charge in [0, 0.05) is 34.1 Å². The molecule has 0 bridgehead atoms. The van der Waals surface area contributed by atoms with Gasteiger partial charge in [0.05, 0.1) is 10.4 Å². The molecule has 1 saturated carbocycles. The lowest BCUT2D eigenvalue weighted by Crippen LogP contribution is -2.51. The van der Waals surface area contributed by atoms with Crippen LogP contribution in [0.15, 0.2) is 42.6 Å². The number of amides is 1. The molecule has 3 heterocycles. The van der Waals surface area contributed by atoms with Gasteiger partial charge in [0.15, 0.2) is 11.6 Å². The fourth-order valence-corrected chi connectivity index (χ4v) is 6.66. The Morgan fingerprint density at radius 3 is 2.63 bits per heavy atom. The zero-order valence-corrected chi connectivity index (χ0v) is 22.6. The van der Waals surface area contributed by atoms with Crippen molar-refractivity contribution in [2.75, 3.05) is 24.1 Å². The molecule has 9 heteroatoms. The number of hydrogen-bond donors (Lipinski definition) is 2. The lowest BCUT2D eigenvalue weighted by molar-refractivity contribution is -0.123. The number of carbonyl (C=O) groups is 1. The molecule has 2 aromatic carbocycles. The van der Waals surface area contributed by atoms with E-state index in [1.165, 1.54) is 31.4 Å². The SMILES string of the molecule is C[C@@H](Oc1cc(-c2ccc3c(c2)C2(CCN(C4CCC4)CC2)C(=O)N3)cnc1N)c1c(Cl)ccc(F)c1Cl. The average molecular weight is 555 g/mol. The number of pyridine rings is 1. The van der Waals surface area contributed by atoms with Crippen molar-refractivity contribution in [1.29, 1.82) is 0 Å². The minimum Gasteiger partial charge on any atom is -0.482 e. The molecule has 1 atom stereocenters. The number of carbonyl (C=O) groups excluding carboxylic acids is 1. The highest BCUT2D eigenvalue weighted by Crippen LogP contribution is 2.47. The topological polar surface area (TPSA) is 80.5 Å².